The fourth-order valence-corrected chi connectivity index (χ4v) is 4.21. The third-order valence-corrected chi connectivity index (χ3v) is 6.28. The summed E-state index contributed by atoms with van der Waals surface area (Å²) in [6.45, 7) is 1.90. The minimum absolute atomic E-state index is 0.0909. The van der Waals surface area contributed by atoms with Crippen LogP contribution in [0.25, 0.3) is 0 Å². The van der Waals surface area contributed by atoms with Crippen molar-refractivity contribution in [1.82, 2.24) is 5.32 Å². The Balaban J connectivity index is 1.71. The van der Waals surface area contributed by atoms with Gasteiger partial charge in [0.25, 0.3) is 0 Å². The first kappa shape index (κ1) is 19.8. The summed E-state index contributed by atoms with van der Waals surface area (Å²) in [4.78, 5) is 12.8. The van der Waals surface area contributed by atoms with E-state index in [2.05, 4.69) is 5.32 Å². The molecular weight excluding hydrogens is 370 g/mol. The van der Waals surface area contributed by atoms with Crippen LogP contribution in [0.15, 0.2) is 89.8 Å². The average molecular weight is 394 g/mol. The third kappa shape index (κ3) is 5.08. The fraction of sp³-hybridized carbons (Fsp3) is 0.174. The SMILES string of the molecule is Cc1ccc(S(=O)(=O)CCC(=O)NC(c2ccccc2)c2ccccc2)cc1. The van der Waals surface area contributed by atoms with Crippen LogP contribution >= 0.6 is 0 Å². The highest BCUT2D eigenvalue weighted by Crippen LogP contribution is 2.22. The number of carbonyl (C=O) groups excluding carboxylic acids is 1. The van der Waals surface area contributed by atoms with E-state index in [-0.39, 0.29) is 29.0 Å². The first-order chi connectivity index (χ1) is 13.5. The van der Waals surface area contributed by atoms with Crippen LogP contribution in [0.4, 0.5) is 0 Å². The first-order valence-corrected chi connectivity index (χ1v) is 10.8. The lowest BCUT2D eigenvalue weighted by Crippen LogP contribution is -2.30. The number of sulfone groups is 1. The van der Waals surface area contributed by atoms with Gasteiger partial charge in [-0.15, -0.1) is 0 Å². The summed E-state index contributed by atoms with van der Waals surface area (Å²) in [6, 6.07) is 25.6. The van der Waals surface area contributed by atoms with Crippen molar-refractivity contribution in [3.05, 3.63) is 102 Å². The van der Waals surface area contributed by atoms with Gasteiger partial charge in [0.15, 0.2) is 9.84 Å². The van der Waals surface area contributed by atoms with E-state index in [1.807, 2.05) is 67.6 Å². The van der Waals surface area contributed by atoms with Crippen molar-refractivity contribution in [2.75, 3.05) is 5.75 Å². The molecule has 4 nitrogen and oxygen atoms in total. The van der Waals surface area contributed by atoms with Gasteiger partial charge in [-0.3, -0.25) is 4.79 Å². The lowest BCUT2D eigenvalue weighted by molar-refractivity contribution is -0.121. The van der Waals surface area contributed by atoms with Crippen molar-refractivity contribution in [2.24, 2.45) is 0 Å². The number of carbonyl (C=O) groups is 1. The van der Waals surface area contributed by atoms with Crippen LogP contribution in [0.2, 0.25) is 0 Å². The topological polar surface area (TPSA) is 63.2 Å². The molecular formula is C23H23NO3S. The Labute approximate surface area is 166 Å². The Morgan fingerprint density at radius 2 is 1.32 bits per heavy atom. The minimum atomic E-state index is -3.50. The summed E-state index contributed by atoms with van der Waals surface area (Å²) >= 11 is 0. The second-order valence-corrected chi connectivity index (χ2v) is 8.81. The van der Waals surface area contributed by atoms with Crippen LogP contribution in [0.5, 0.6) is 0 Å². The van der Waals surface area contributed by atoms with Gasteiger partial charge in [-0.05, 0) is 30.2 Å². The number of benzene rings is 3. The summed E-state index contributed by atoms with van der Waals surface area (Å²) in [7, 11) is -3.50. The standard InChI is InChI=1S/C23H23NO3S/c1-18-12-14-21(15-13-18)28(26,27)17-16-22(25)24-23(19-8-4-2-5-9-19)20-10-6-3-7-11-20/h2-15,23H,16-17H2,1H3,(H,24,25). The van der Waals surface area contributed by atoms with Crippen molar-refractivity contribution >= 4 is 15.7 Å². The molecule has 0 aliphatic rings. The van der Waals surface area contributed by atoms with Crippen LogP contribution < -0.4 is 5.32 Å². The Morgan fingerprint density at radius 1 is 0.821 bits per heavy atom. The molecule has 0 fully saturated rings. The highest BCUT2D eigenvalue weighted by atomic mass is 32.2. The Morgan fingerprint density at radius 3 is 1.82 bits per heavy atom. The van der Waals surface area contributed by atoms with E-state index in [9.17, 15) is 13.2 Å². The molecule has 0 saturated heterocycles. The van der Waals surface area contributed by atoms with Crippen LogP contribution in [-0.4, -0.2) is 20.1 Å². The zero-order chi connectivity index (χ0) is 20.0. The van der Waals surface area contributed by atoms with E-state index < -0.39 is 9.84 Å². The van der Waals surface area contributed by atoms with Crippen LogP contribution in [0, 0.1) is 6.92 Å². The van der Waals surface area contributed by atoms with Crippen molar-refractivity contribution in [2.45, 2.75) is 24.3 Å². The Bertz CT molecular complexity index is 975. The van der Waals surface area contributed by atoms with Crippen molar-refractivity contribution < 1.29 is 13.2 Å². The van der Waals surface area contributed by atoms with Crippen molar-refractivity contribution in [1.29, 1.82) is 0 Å². The number of hydrogen-bond donors (Lipinski definition) is 1. The van der Waals surface area contributed by atoms with Gasteiger partial charge in [0.2, 0.25) is 5.91 Å². The van der Waals surface area contributed by atoms with Gasteiger partial charge in [-0.25, -0.2) is 8.42 Å². The zero-order valence-electron chi connectivity index (χ0n) is 15.7. The maximum absolute atomic E-state index is 12.6. The Hall–Kier alpha value is -2.92. The van der Waals surface area contributed by atoms with Gasteiger partial charge < -0.3 is 5.32 Å². The summed E-state index contributed by atoms with van der Waals surface area (Å²) in [5, 5.41) is 2.98. The molecule has 0 bridgehead atoms. The van der Waals surface area contributed by atoms with E-state index in [1.165, 1.54) is 0 Å². The second kappa shape index (κ2) is 8.85. The van der Waals surface area contributed by atoms with Gasteiger partial charge in [0, 0.05) is 6.42 Å². The Kier molecular flexibility index (Phi) is 6.26. The summed E-state index contributed by atoms with van der Waals surface area (Å²) in [5.74, 6) is -0.522. The number of nitrogens with one attached hydrogen (secondary N) is 1. The van der Waals surface area contributed by atoms with Gasteiger partial charge in [-0.1, -0.05) is 78.4 Å². The van der Waals surface area contributed by atoms with Gasteiger partial charge in [0.05, 0.1) is 16.7 Å². The molecule has 0 unspecified atom stereocenters. The van der Waals surface area contributed by atoms with E-state index in [1.54, 1.807) is 24.3 Å². The molecule has 28 heavy (non-hydrogen) atoms. The number of rotatable bonds is 7. The molecule has 0 heterocycles. The third-order valence-electron chi connectivity index (χ3n) is 4.55. The largest absolute Gasteiger partial charge is 0.345 e. The molecule has 3 aromatic carbocycles. The molecule has 0 aromatic heterocycles. The summed E-state index contributed by atoms with van der Waals surface area (Å²) in [6.07, 6.45) is -0.0909. The molecule has 3 aromatic rings. The zero-order valence-corrected chi connectivity index (χ0v) is 16.5. The lowest BCUT2D eigenvalue weighted by Gasteiger charge is -2.20. The smallest absolute Gasteiger partial charge is 0.221 e. The molecule has 5 heteroatoms. The summed E-state index contributed by atoms with van der Waals surface area (Å²) in [5.41, 5.74) is 2.89. The van der Waals surface area contributed by atoms with E-state index in [4.69, 9.17) is 0 Å². The van der Waals surface area contributed by atoms with E-state index in [0.29, 0.717) is 0 Å². The summed E-state index contributed by atoms with van der Waals surface area (Å²) < 4.78 is 25.0. The number of amides is 1. The van der Waals surface area contributed by atoms with Gasteiger partial charge in [-0.2, -0.15) is 0 Å². The fourth-order valence-electron chi connectivity index (χ4n) is 2.97. The van der Waals surface area contributed by atoms with Crippen molar-refractivity contribution in [3.8, 4) is 0 Å². The van der Waals surface area contributed by atoms with Gasteiger partial charge in [0.1, 0.15) is 0 Å². The minimum Gasteiger partial charge on any atom is -0.345 e. The molecule has 3 rings (SSSR count). The van der Waals surface area contributed by atoms with Crippen LogP contribution in [0.3, 0.4) is 0 Å². The quantitative estimate of drug-likeness (QED) is 0.658. The van der Waals surface area contributed by atoms with Crippen molar-refractivity contribution in [3.63, 3.8) is 0 Å². The molecule has 0 aliphatic carbocycles. The maximum Gasteiger partial charge on any atom is 0.221 e. The highest BCUT2D eigenvalue weighted by Gasteiger charge is 2.20. The predicted molar refractivity (Wildman–Crippen MR) is 111 cm³/mol. The molecule has 0 saturated carbocycles. The molecule has 0 radical (unpaired) electrons. The predicted octanol–water partition coefficient (Wildman–Crippen LogP) is 4.06. The maximum atomic E-state index is 12.6. The number of aryl methyl sites for hydroxylation is 1. The van der Waals surface area contributed by atoms with Crippen LogP contribution in [0.1, 0.15) is 29.2 Å². The lowest BCUT2D eigenvalue weighted by atomic mass is 9.98. The first-order valence-electron chi connectivity index (χ1n) is 9.14. The number of hydrogen-bond acceptors (Lipinski definition) is 3. The monoisotopic (exact) mass is 393 g/mol. The molecule has 0 aliphatic heterocycles. The molecule has 0 spiro atoms. The van der Waals surface area contributed by atoms with Gasteiger partial charge >= 0.3 is 0 Å². The average Bonchev–Trinajstić information content (AvgIpc) is 2.72. The van der Waals surface area contributed by atoms with E-state index in [0.717, 1.165) is 16.7 Å². The normalized spacial score (nSPS) is 11.4. The van der Waals surface area contributed by atoms with Crippen LogP contribution in [-0.2, 0) is 14.6 Å². The van der Waals surface area contributed by atoms with E-state index >= 15 is 0 Å². The molecule has 1 amide bonds. The molecule has 1 N–H and O–H groups in total. The highest BCUT2D eigenvalue weighted by molar-refractivity contribution is 7.91. The molecule has 0 atom stereocenters. The second-order valence-electron chi connectivity index (χ2n) is 6.70. The molecule has 144 valence electrons.